The molecule has 3 heterocycles. The molecule has 3 rings (SSSR count). The Morgan fingerprint density at radius 1 is 1.43 bits per heavy atom. The highest BCUT2D eigenvalue weighted by Crippen LogP contribution is 2.42. The number of carboxylic acid groups (broad SMARTS) is 1. The van der Waals surface area contributed by atoms with Crippen LogP contribution in [0.5, 0.6) is 0 Å². The van der Waals surface area contributed by atoms with Gasteiger partial charge in [0.25, 0.3) is 0 Å². The highest BCUT2D eigenvalue weighted by atomic mass is 16.4. The molecule has 0 aliphatic carbocycles. The minimum Gasteiger partial charge on any atom is -0.481 e. The molecule has 0 aromatic carbocycles. The van der Waals surface area contributed by atoms with Crippen molar-refractivity contribution >= 4 is 17.7 Å². The lowest BCUT2D eigenvalue weighted by molar-refractivity contribution is -0.157. The minimum absolute atomic E-state index is 0.0991. The lowest BCUT2D eigenvalue weighted by atomic mass is 9.69. The van der Waals surface area contributed by atoms with Gasteiger partial charge in [0.15, 0.2) is 0 Å². The van der Waals surface area contributed by atoms with Gasteiger partial charge >= 0.3 is 5.97 Å². The second kappa shape index (κ2) is 5.96. The maximum Gasteiger partial charge on any atom is 0.313 e. The maximum absolute atomic E-state index is 12.1. The quantitative estimate of drug-likeness (QED) is 0.888. The van der Waals surface area contributed by atoms with Crippen LogP contribution in [0.3, 0.4) is 0 Å². The molecule has 0 amide bonds. The largest absolute Gasteiger partial charge is 0.481 e. The van der Waals surface area contributed by atoms with Crippen molar-refractivity contribution in [3.8, 4) is 0 Å². The number of piperidine rings is 2. The number of aliphatic carboxylic acids is 1. The Morgan fingerprint density at radius 3 is 2.91 bits per heavy atom. The average molecular weight is 319 g/mol. The number of carboxylic acids is 1. The number of hydrogen-bond donors (Lipinski definition) is 1. The van der Waals surface area contributed by atoms with Crippen molar-refractivity contribution in [3.05, 3.63) is 12.3 Å². The summed E-state index contributed by atoms with van der Waals surface area (Å²) >= 11 is 0. The lowest BCUT2D eigenvalue weighted by Crippen LogP contribution is -2.63. The van der Waals surface area contributed by atoms with E-state index < -0.39 is 11.4 Å². The first kappa shape index (κ1) is 16.0. The topological polar surface area (TPSA) is 72.8 Å². The van der Waals surface area contributed by atoms with Gasteiger partial charge in [-0.25, -0.2) is 4.98 Å². The van der Waals surface area contributed by atoms with Crippen molar-refractivity contribution in [3.63, 3.8) is 0 Å². The predicted molar refractivity (Wildman–Crippen MR) is 88.9 cm³/mol. The molecule has 1 N–H and O–H groups in total. The van der Waals surface area contributed by atoms with Gasteiger partial charge in [0.1, 0.15) is 11.2 Å². The summed E-state index contributed by atoms with van der Waals surface area (Å²) in [7, 11) is 5.92. The molecule has 0 bridgehead atoms. The monoisotopic (exact) mass is 319 g/mol. The van der Waals surface area contributed by atoms with Crippen molar-refractivity contribution in [2.45, 2.75) is 25.3 Å². The maximum atomic E-state index is 12.1. The molecule has 2 fully saturated rings. The van der Waals surface area contributed by atoms with Crippen LogP contribution in [0.25, 0.3) is 0 Å². The van der Waals surface area contributed by atoms with E-state index in [-0.39, 0.29) is 6.04 Å². The molecule has 0 unspecified atom stereocenters. The summed E-state index contributed by atoms with van der Waals surface area (Å²) in [5.41, 5.74) is -0.720. The third-order valence-electron chi connectivity index (χ3n) is 5.24. The van der Waals surface area contributed by atoms with E-state index in [1.54, 1.807) is 6.20 Å². The Balaban J connectivity index is 1.89. The van der Waals surface area contributed by atoms with Crippen LogP contribution < -0.4 is 9.80 Å². The van der Waals surface area contributed by atoms with Gasteiger partial charge in [0.05, 0.1) is 0 Å². The molecule has 2 aliphatic heterocycles. The van der Waals surface area contributed by atoms with Gasteiger partial charge in [-0.3, -0.25) is 4.79 Å². The fourth-order valence-corrected chi connectivity index (χ4v) is 4.00. The van der Waals surface area contributed by atoms with E-state index in [1.165, 1.54) is 0 Å². The Labute approximate surface area is 136 Å². The fourth-order valence-electron chi connectivity index (χ4n) is 4.00. The number of anilines is 2. The molecule has 23 heavy (non-hydrogen) atoms. The first-order chi connectivity index (χ1) is 10.9. The standard InChI is InChI=1S/C16H25N5O2/c1-19(2)13-5-8-17-15(18-13)21-10-6-12-16(11-21,14(22)23)7-4-9-20(12)3/h5,8,12H,4,6-7,9-11H2,1-3H3,(H,22,23)/t12-,16+/m0/s1. The van der Waals surface area contributed by atoms with Gasteiger partial charge in [0, 0.05) is 39.4 Å². The van der Waals surface area contributed by atoms with Crippen molar-refractivity contribution < 1.29 is 9.90 Å². The van der Waals surface area contributed by atoms with Crippen LogP contribution in [0.1, 0.15) is 19.3 Å². The first-order valence-corrected chi connectivity index (χ1v) is 8.13. The normalized spacial score (nSPS) is 28.3. The van der Waals surface area contributed by atoms with E-state index in [4.69, 9.17) is 0 Å². The Morgan fingerprint density at radius 2 is 2.22 bits per heavy atom. The molecular formula is C16H25N5O2. The summed E-state index contributed by atoms with van der Waals surface area (Å²) in [4.78, 5) is 27.2. The number of aromatic nitrogens is 2. The van der Waals surface area contributed by atoms with Crippen molar-refractivity contribution in [2.24, 2.45) is 5.41 Å². The Bertz CT molecular complexity index is 594. The zero-order valence-electron chi connectivity index (χ0n) is 14.1. The average Bonchev–Trinajstić information content (AvgIpc) is 2.54. The Hall–Kier alpha value is -1.89. The van der Waals surface area contributed by atoms with Crippen molar-refractivity contribution in [1.82, 2.24) is 14.9 Å². The van der Waals surface area contributed by atoms with Crippen LogP contribution in [0.4, 0.5) is 11.8 Å². The van der Waals surface area contributed by atoms with Crippen LogP contribution in [-0.2, 0) is 4.79 Å². The zero-order valence-corrected chi connectivity index (χ0v) is 14.1. The second-order valence-corrected chi connectivity index (χ2v) is 6.88. The van der Waals surface area contributed by atoms with E-state index in [9.17, 15) is 9.90 Å². The van der Waals surface area contributed by atoms with Gasteiger partial charge < -0.3 is 19.8 Å². The first-order valence-electron chi connectivity index (χ1n) is 8.13. The van der Waals surface area contributed by atoms with Gasteiger partial charge in [-0.2, -0.15) is 4.98 Å². The van der Waals surface area contributed by atoms with Gasteiger partial charge in [-0.15, -0.1) is 0 Å². The number of nitrogens with zero attached hydrogens (tertiary/aromatic N) is 5. The van der Waals surface area contributed by atoms with Crippen LogP contribution in [0.2, 0.25) is 0 Å². The number of carbonyl (C=O) groups is 1. The second-order valence-electron chi connectivity index (χ2n) is 6.88. The predicted octanol–water partition coefficient (Wildman–Crippen LogP) is 0.918. The SMILES string of the molecule is CN(C)c1ccnc(N2CC[C@@H]3N(C)CCC[C@@]3(C(=O)O)C2)n1. The number of fused-ring (bicyclic) bond motifs is 1. The van der Waals surface area contributed by atoms with Crippen LogP contribution in [0, 0.1) is 5.41 Å². The molecule has 0 spiro atoms. The molecule has 0 saturated carbocycles. The van der Waals surface area contributed by atoms with E-state index in [0.29, 0.717) is 12.5 Å². The van der Waals surface area contributed by atoms with E-state index in [1.807, 2.05) is 37.0 Å². The summed E-state index contributed by atoms with van der Waals surface area (Å²) in [5, 5.41) is 9.95. The Kier molecular flexibility index (Phi) is 4.14. The summed E-state index contributed by atoms with van der Waals surface area (Å²) in [6.07, 6.45) is 4.22. The van der Waals surface area contributed by atoms with Crippen LogP contribution >= 0.6 is 0 Å². The van der Waals surface area contributed by atoms with E-state index >= 15 is 0 Å². The molecule has 7 heteroatoms. The highest BCUT2D eigenvalue weighted by Gasteiger charge is 2.53. The molecule has 2 saturated heterocycles. The fraction of sp³-hybridized carbons (Fsp3) is 0.688. The molecule has 2 atom stereocenters. The molecule has 2 aliphatic rings. The molecule has 1 aromatic rings. The summed E-state index contributed by atoms with van der Waals surface area (Å²) in [6.45, 7) is 2.25. The highest BCUT2D eigenvalue weighted by molar-refractivity contribution is 5.77. The number of hydrogen-bond acceptors (Lipinski definition) is 6. The molecule has 0 radical (unpaired) electrons. The summed E-state index contributed by atoms with van der Waals surface area (Å²) < 4.78 is 0. The van der Waals surface area contributed by atoms with Crippen molar-refractivity contribution in [2.75, 3.05) is 50.6 Å². The summed E-state index contributed by atoms with van der Waals surface area (Å²) in [5.74, 6) is 0.772. The summed E-state index contributed by atoms with van der Waals surface area (Å²) in [6, 6.07) is 1.96. The van der Waals surface area contributed by atoms with Crippen LogP contribution in [-0.4, -0.2) is 72.8 Å². The molecule has 1 aromatic heterocycles. The molecule has 126 valence electrons. The van der Waals surface area contributed by atoms with E-state index in [0.717, 1.165) is 38.2 Å². The lowest BCUT2D eigenvalue weighted by Gasteiger charge is -2.51. The van der Waals surface area contributed by atoms with Crippen molar-refractivity contribution in [1.29, 1.82) is 0 Å². The number of rotatable bonds is 3. The minimum atomic E-state index is -0.720. The van der Waals surface area contributed by atoms with Gasteiger partial charge in [-0.1, -0.05) is 0 Å². The number of likely N-dealkylation sites (tertiary alicyclic amines) is 1. The smallest absolute Gasteiger partial charge is 0.313 e. The van der Waals surface area contributed by atoms with Crippen LogP contribution in [0.15, 0.2) is 12.3 Å². The molecular weight excluding hydrogens is 294 g/mol. The van der Waals surface area contributed by atoms with Gasteiger partial charge in [0.2, 0.25) is 5.95 Å². The zero-order chi connectivity index (χ0) is 16.6. The third kappa shape index (κ3) is 2.73. The third-order valence-corrected chi connectivity index (χ3v) is 5.24. The van der Waals surface area contributed by atoms with Gasteiger partial charge in [-0.05, 0) is 38.9 Å². The molecule has 7 nitrogen and oxygen atoms in total. The van der Waals surface area contributed by atoms with E-state index in [2.05, 4.69) is 14.9 Å².